The van der Waals surface area contributed by atoms with Crippen LogP contribution >= 0.6 is 0 Å². The van der Waals surface area contributed by atoms with Crippen molar-refractivity contribution >= 4 is 24.2 Å². The third kappa shape index (κ3) is 8.82. The molecule has 0 spiro atoms. The molecule has 3 amide bonds. The van der Waals surface area contributed by atoms with Crippen LogP contribution in [0.2, 0.25) is 0 Å². The fraction of sp³-hybridized carbons (Fsp3) is 0.407. The summed E-state index contributed by atoms with van der Waals surface area (Å²) < 4.78 is 16.0. The van der Waals surface area contributed by atoms with Crippen molar-refractivity contribution in [3.63, 3.8) is 0 Å². The lowest BCUT2D eigenvalue weighted by Crippen LogP contribution is -2.54. The van der Waals surface area contributed by atoms with Gasteiger partial charge in [-0.05, 0) is 44.7 Å². The fourth-order valence-corrected chi connectivity index (χ4v) is 3.67. The second-order valence-electron chi connectivity index (χ2n) is 9.65. The predicted octanol–water partition coefficient (Wildman–Crippen LogP) is 4.89. The van der Waals surface area contributed by atoms with Gasteiger partial charge in [0.2, 0.25) is 5.96 Å². The number of alkyl carbamates (subject to hydrolysis) is 1. The summed E-state index contributed by atoms with van der Waals surface area (Å²) in [6, 6.07) is 17.9. The molecule has 3 rings (SSSR count). The van der Waals surface area contributed by atoms with E-state index >= 15 is 0 Å². The van der Waals surface area contributed by atoms with Gasteiger partial charge in [0.15, 0.2) is 0 Å². The third-order valence-corrected chi connectivity index (χ3v) is 5.50. The zero-order chi connectivity index (χ0) is 26.8. The average molecular weight is 511 g/mol. The summed E-state index contributed by atoms with van der Waals surface area (Å²) in [5.74, 6) is -0.341. The van der Waals surface area contributed by atoms with E-state index in [9.17, 15) is 14.4 Å². The highest BCUT2D eigenvalue weighted by Gasteiger charge is 2.34. The number of carbonyl (C=O) groups excluding carboxylic acids is 3. The molecule has 0 unspecified atom stereocenters. The molecule has 37 heavy (non-hydrogen) atoms. The Morgan fingerprint density at radius 2 is 1.35 bits per heavy atom. The van der Waals surface area contributed by atoms with Crippen LogP contribution in [0.1, 0.15) is 44.7 Å². The van der Waals surface area contributed by atoms with E-state index < -0.39 is 23.9 Å². The monoisotopic (exact) mass is 510 g/mol. The molecule has 1 aliphatic heterocycles. The Balaban J connectivity index is 1.63. The van der Waals surface area contributed by atoms with Crippen molar-refractivity contribution in [2.75, 3.05) is 13.1 Å². The van der Waals surface area contributed by atoms with Crippen LogP contribution in [0.5, 0.6) is 0 Å². The van der Waals surface area contributed by atoms with Crippen molar-refractivity contribution in [3.8, 4) is 0 Å². The van der Waals surface area contributed by atoms with Gasteiger partial charge in [0.25, 0.3) is 0 Å². The summed E-state index contributed by atoms with van der Waals surface area (Å²) >= 11 is 0. The molecule has 0 radical (unpaired) electrons. The second-order valence-corrected chi connectivity index (χ2v) is 9.65. The van der Waals surface area contributed by atoms with Gasteiger partial charge in [-0.15, -0.1) is 4.90 Å². The number of nitrogens with one attached hydrogen (secondary N) is 2. The van der Waals surface area contributed by atoms with Crippen LogP contribution < -0.4 is 5.32 Å². The Labute approximate surface area is 217 Å². The SMILES string of the molecule is CC(C)(C)OC(=O)NC1CCN(C(=N)N(C(=O)OCc2ccccc2)C(=O)OCc2ccccc2)CC1. The molecule has 0 aromatic heterocycles. The molecule has 1 saturated heterocycles. The molecule has 10 heteroatoms. The first-order chi connectivity index (χ1) is 17.6. The van der Waals surface area contributed by atoms with E-state index in [0.717, 1.165) is 11.1 Å². The third-order valence-electron chi connectivity index (χ3n) is 5.50. The van der Waals surface area contributed by atoms with Crippen LogP contribution in [0.3, 0.4) is 0 Å². The Kier molecular flexibility index (Phi) is 9.48. The van der Waals surface area contributed by atoms with Crippen LogP contribution in [0, 0.1) is 5.41 Å². The van der Waals surface area contributed by atoms with E-state index in [4.69, 9.17) is 19.6 Å². The summed E-state index contributed by atoms with van der Waals surface area (Å²) in [6.45, 7) is 5.94. The molecular weight excluding hydrogens is 476 g/mol. The quantitative estimate of drug-likeness (QED) is 0.334. The van der Waals surface area contributed by atoms with E-state index in [1.54, 1.807) is 49.9 Å². The Hall–Kier alpha value is -4.08. The van der Waals surface area contributed by atoms with Crippen LogP contribution in [-0.4, -0.2) is 58.8 Å². The number of benzene rings is 2. The van der Waals surface area contributed by atoms with E-state index in [0.29, 0.717) is 30.8 Å². The largest absolute Gasteiger partial charge is 0.444 e. The molecule has 2 N–H and O–H groups in total. The van der Waals surface area contributed by atoms with Gasteiger partial charge in [-0.25, -0.2) is 14.4 Å². The fourth-order valence-electron chi connectivity index (χ4n) is 3.67. The van der Waals surface area contributed by atoms with E-state index in [2.05, 4.69) is 5.32 Å². The van der Waals surface area contributed by atoms with Gasteiger partial charge < -0.3 is 24.4 Å². The number of rotatable bonds is 5. The number of amides is 3. The zero-order valence-corrected chi connectivity index (χ0v) is 21.4. The number of ether oxygens (including phenoxy) is 3. The smallest absolute Gasteiger partial charge is 0.426 e. The molecule has 0 saturated carbocycles. The number of piperidine rings is 1. The summed E-state index contributed by atoms with van der Waals surface area (Å²) in [4.78, 5) is 40.2. The molecule has 2 aromatic rings. The second kappa shape index (κ2) is 12.8. The van der Waals surface area contributed by atoms with E-state index in [1.165, 1.54) is 0 Å². The van der Waals surface area contributed by atoms with Gasteiger partial charge >= 0.3 is 18.3 Å². The van der Waals surface area contributed by atoms with E-state index in [1.807, 2.05) is 36.4 Å². The molecule has 0 bridgehead atoms. The minimum Gasteiger partial charge on any atom is -0.444 e. The van der Waals surface area contributed by atoms with Crippen LogP contribution in [0.15, 0.2) is 60.7 Å². The maximum absolute atomic E-state index is 13.0. The average Bonchev–Trinajstić information content (AvgIpc) is 2.87. The first-order valence-corrected chi connectivity index (χ1v) is 12.2. The van der Waals surface area contributed by atoms with Gasteiger partial charge in [-0.2, -0.15) is 0 Å². The van der Waals surface area contributed by atoms with Crippen molar-refractivity contribution in [1.29, 1.82) is 5.41 Å². The summed E-state index contributed by atoms with van der Waals surface area (Å²) in [5, 5.41) is 11.5. The van der Waals surface area contributed by atoms with E-state index in [-0.39, 0.29) is 25.2 Å². The molecule has 1 heterocycles. The van der Waals surface area contributed by atoms with Crippen molar-refractivity contribution in [2.24, 2.45) is 0 Å². The molecular formula is C27H34N4O6. The molecule has 1 fully saturated rings. The minimum absolute atomic E-state index is 0.0582. The number of guanidine groups is 1. The van der Waals surface area contributed by atoms with Gasteiger partial charge in [-0.1, -0.05) is 60.7 Å². The maximum Gasteiger partial charge on any atom is 0.426 e. The predicted molar refractivity (Wildman–Crippen MR) is 137 cm³/mol. The number of nitrogens with zero attached hydrogens (tertiary/aromatic N) is 2. The normalized spacial score (nSPS) is 13.9. The molecule has 10 nitrogen and oxygen atoms in total. The van der Waals surface area contributed by atoms with Crippen molar-refractivity contribution in [3.05, 3.63) is 71.8 Å². The van der Waals surface area contributed by atoms with Crippen molar-refractivity contribution in [2.45, 2.75) is 58.5 Å². The Bertz CT molecular complexity index is 1010. The summed E-state index contributed by atoms with van der Waals surface area (Å²) in [5.41, 5.74) is 0.885. The minimum atomic E-state index is -0.999. The van der Waals surface area contributed by atoms with Crippen LogP contribution in [0.25, 0.3) is 0 Å². The lowest BCUT2D eigenvalue weighted by atomic mass is 10.1. The van der Waals surface area contributed by atoms with Crippen molar-refractivity contribution in [1.82, 2.24) is 15.1 Å². The Morgan fingerprint density at radius 1 is 0.892 bits per heavy atom. The lowest BCUT2D eigenvalue weighted by molar-refractivity contribution is 0.0487. The molecule has 1 aliphatic rings. The number of hydrogen-bond acceptors (Lipinski definition) is 7. The highest BCUT2D eigenvalue weighted by Crippen LogP contribution is 2.16. The first kappa shape index (κ1) is 27.5. The van der Waals surface area contributed by atoms with Crippen molar-refractivity contribution < 1.29 is 28.6 Å². The standard InChI is InChI=1S/C27H34N4O6/c1-27(2,3)37-24(32)29-22-14-16-30(17-15-22)23(28)31(25(33)35-18-20-10-6-4-7-11-20)26(34)36-19-21-12-8-5-9-13-21/h4-13,22,28H,14-19H2,1-3H3,(H,29,32). The van der Waals surface area contributed by atoms with Crippen LogP contribution in [-0.2, 0) is 27.4 Å². The Morgan fingerprint density at radius 3 is 1.78 bits per heavy atom. The number of carbonyl (C=O) groups is 3. The lowest BCUT2D eigenvalue weighted by Gasteiger charge is -2.36. The first-order valence-electron chi connectivity index (χ1n) is 12.2. The molecule has 0 atom stereocenters. The van der Waals surface area contributed by atoms with Gasteiger partial charge in [0.1, 0.15) is 18.8 Å². The molecule has 0 aliphatic carbocycles. The summed E-state index contributed by atoms with van der Waals surface area (Å²) in [6.07, 6.45) is -1.49. The van der Waals surface area contributed by atoms with Gasteiger partial charge in [0.05, 0.1) is 0 Å². The van der Waals surface area contributed by atoms with Gasteiger partial charge in [0, 0.05) is 19.1 Å². The molecule has 198 valence electrons. The zero-order valence-electron chi connectivity index (χ0n) is 21.4. The number of hydrogen-bond donors (Lipinski definition) is 2. The number of likely N-dealkylation sites (tertiary alicyclic amines) is 1. The topological polar surface area (TPSA) is 121 Å². The highest BCUT2D eigenvalue weighted by atomic mass is 16.6. The number of imide groups is 1. The van der Waals surface area contributed by atoms with Crippen LogP contribution in [0.4, 0.5) is 14.4 Å². The highest BCUT2D eigenvalue weighted by molar-refractivity contribution is 6.06. The molecule has 2 aromatic carbocycles. The summed E-state index contributed by atoms with van der Waals surface area (Å²) in [7, 11) is 0. The van der Waals surface area contributed by atoms with Gasteiger partial charge in [-0.3, -0.25) is 5.41 Å². The maximum atomic E-state index is 13.0.